The van der Waals surface area contributed by atoms with Gasteiger partial charge < -0.3 is 9.64 Å². The summed E-state index contributed by atoms with van der Waals surface area (Å²) in [6.07, 6.45) is 5.38. The fourth-order valence-corrected chi connectivity index (χ4v) is 2.27. The Morgan fingerprint density at radius 1 is 1.29 bits per heavy atom. The van der Waals surface area contributed by atoms with Crippen molar-refractivity contribution < 1.29 is 4.74 Å². The predicted molar refractivity (Wildman–Crippen MR) is 60.5 cm³/mol. The second-order valence-corrected chi connectivity index (χ2v) is 4.71. The average molecular weight is 199 g/mol. The van der Waals surface area contributed by atoms with E-state index >= 15 is 0 Å². The van der Waals surface area contributed by atoms with Crippen LogP contribution in [0.25, 0.3) is 0 Å². The van der Waals surface area contributed by atoms with Gasteiger partial charge in [0.1, 0.15) is 0 Å². The largest absolute Gasteiger partial charge is 0.385 e. The SMILES string of the molecule is COCCCC1CCN(C(C)C)CC1. The summed E-state index contributed by atoms with van der Waals surface area (Å²) in [4.78, 5) is 2.59. The van der Waals surface area contributed by atoms with E-state index in [-0.39, 0.29) is 0 Å². The van der Waals surface area contributed by atoms with Gasteiger partial charge in [-0.2, -0.15) is 0 Å². The third-order valence-corrected chi connectivity index (χ3v) is 3.34. The molecule has 1 aliphatic heterocycles. The highest BCUT2D eigenvalue weighted by Crippen LogP contribution is 2.22. The van der Waals surface area contributed by atoms with Crippen LogP contribution in [0, 0.1) is 5.92 Å². The lowest BCUT2D eigenvalue weighted by atomic mass is 9.92. The molecule has 0 unspecified atom stereocenters. The molecule has 0 aromatic carbocycles. The van der Waals surface area contributed by atoms with E-state index < -0.39 is 0 Å². The van der Waals surface area contributed by atoms with Crippen molar-refractivity contribution in [2.24, 2.45) is 5.92 Å². The van der Waals surface area contributed by atoms with Crippen LogP contribution in [0.4, 0.5) is 0 Å². The van der Waals surface area contributed by atoms with E-state index in [4.69, 9.17) is 4.74 Å². The molecule has 0 spiro atoms. The Kier molecular flexibility index (Phi) is 5.49. The molecule has 0 N–H and O–H groups in total. The average Bonchev–Trinajstić information content (AvgIpc) is 2.19. The fourth-order valence-electron chi connectivity index (χ4n) is 2.27. The van der Waals surface area contributed by atoms with Crippen molar-refractivity contribution in [2.75, 3.05) is 26.8 Å². The highest BCUT2D eigenvalue weighted by molar-refractivity contribution is 4.74. The molecule has 0 amide bonds. The Labute approximate surface area is 88.6 Å². The van der Waals surface area contributed by atoms with Crippen LogP contribution < -0.4 is 0 Å². The Bertz CT molecular complexity index is 139. The van der Waals surface area contributed by atoms with Crippen LogP contribution in [-0.2, 0) is 4.74 Å². The molecule has 0 atom stereocenters. The molecular weight excluding hydrogens is 174 g/mol. The molecule has 0 aliphatic carbocycles. The minimum atomic E-state index is 0.731. The molecule has 14 heavy (non-hydrogen) atoms. The molecule has 1 saturated heterocycles. The number of methoxy groups -OCH3 is 1. The molecule has 1 aliphatic rings. The van der Waals surface area contributed by atoms with E-state index in [9.17, 15) is 0 Å². The molecule has 2 nitrogen and oxygen atoms in total. The van der Waals surface area contributed by atoms with E-state index in [1.54, 1.807) is 7.11 Å². The first-order chi connectivity index (χ1) is 6.74. The Hall–Kier alpha value is -0.0800. The van der Waals surface area contributed by atoms with E-state index in [1.807, 2.05) is 0 Å². The minimum Gasteiger partial charge on any atom is -0.385 e. The topological polar surface area (TPSA) is 12.5 Å². The second kappa shape index (κ2) is 6.41. The molecular formula is C12H25NO. The first-order valence-corrected chi connectivity index (χ1v) is 5.97. The molecule has 0 aromatic rings. The van der Waals surface area contributed by atoms with Crippen molar-refractivity contribution in [3.8, 4) is 0 Å². The summed E-state index contributed by atoms with van der Waals surface area (Å²) in [5, 5.41) is 0. The Balaban J connectivity index is 2.09. The van der Waals surface area contributed by atoms with Crippen molar-refractivity contribution in [3.05, 3.63) is 0 Å². The van der Waals surface area contributed by atoms with Crippen LogP contribution in [0.1, 0.15) is 39.5 Å². The molecule has 1 fully saturated rings. The summed E-state index contributed by atoms with van der Waals surface area (Å²) >= 11 is 0. The van der Waals surface area contributed by atoms with Gasteiger partial charge in [-0.05, 0) is 58.5 Å². The number of piperidine rings is 1. The zero-order valence-electron chi connectivity index (χ0n) is 9.96. The number of likely N-dealkylation sites (tertiary alicyclic amines) is 1. The third kappa shape index (κ3) is 3.97. The molecule has 1 rings (SSSR count). The van der Waals surface area contributed by atoms with E-state index in [0.717, 1.165) is 18.6 Å². The van der Waals surface area contributed by atoms with Crippen molar-refractivity contribution in [2.45, 2.75) is 45.6 Å². The highest BCUT2D eigenvalue weighted by atomic mass is 16.5. The molecule has 0 aromatic heterocycles. The van der Waals surface area contributed by atoms with E-state index in [1.165, 1.54) is 38.8 Å². The second-order valence-electron chi connectivity index (χ2n) is 4.71. The van der Waals surface area contributed by atoms with Crippen LogP contribution in [0.5, 0.6) is 0 Å². The van der Waals surface area contributed by atoms with Crippen molar-refractivity contribution in [3.63, 3.8) is 0 Å². The van der Waals surface area contributed by atoms with Crippen LogP contribution in [0.3, 0.4) is 0 Å². The maximum atomic E-state index is 5.08. The van der Waals surface area contributed by atoms with Gasteiger partial charge in [0.2, 0.25) is 0 Å². The summed E-state index contributed by atoms with van der Waals surface area (Å²) < 4.78 is 5.08. The number of hydrogen-bond acceptors (Lipinski definition) is 2. The first kappa shape index (κ1) is 12.0. The zero-order chi connectivity index (χ0) is 10.4. The highest BCUT2D eigenvalue weighted by Gasteiger charge is 2.19. The summed E-state index contributed by atoms with van der Waals surface area (Å²) in [6, 6.07) is 0.731. The maximum Gasteiger partial charge on any atom is 0.0462 e. The zero-order valence-corrected chi connectivity index (χ0v) is 9.96. The van der Waals surface area contributed by atoms with Crippen molar-refractivity contribution in [1.82, 2.24) is 4.90 Å². The maximum absolute atomic E-state index is 5.08. The van der Waals surface area contributed by atoms with Crippen LogP contribution in [-0.4, -0.2) is 37.7 Å². The van der Waals surface area contributed by atoms with Crippen LogP contribution in [0.15, 0.2) is 0 Å². The lowest BCUT2D eigenvalue weighted by Gasteiger charge is -2.34. The number of hydrogen-bond donors (Lipinski definition) is 0. The summed E-state index contributed by atoms with van der Waals surface area (Å²) in [5.74, 6) is 0.958. The quantitative estimate of drug-likeness (QED) is 0.631. The molecule has 0 radical (unpaired) electrons. The number of ether oxygens (including phenoxy) is 1. The van der Waals surface area contributed by atoms with E-state index in [2.05, 4.69) is 18.7 Å². The summed E-state index contributed by atoms with van der Waals surface area (Å²) in [6.45, 7) is 8.13. The molecule has 84 valence electrons. The lowest BCUT2D eigenvalue weighted by Crippen LogP contribution is -2.38. The third-order valence-electron chi connectivity index (χ3n) is 3.34. The molecule has 1 heterocycles. The van der Waals surface area contributed by atoms with Gasteiger partial charge in [0, 0.05) is 19.8 Å². The number of nitrogens with zero attached hydrogens (tertiary/aromatic N) is 1. The van der Waals surface area contributed by atoms with Gasteiger partial charge in [-0.1, -0.05) is 0 Å². The fraction of sp³-hybridized carbons (Fsp3) is 1.00. The van der Waals surface area contributed by atoms with Gasteiger partial charge in [0.05, 0.1) is 0 Å². The van der Waals surface area contributed by atoms with Crippen LogP contribution >= 0.6 is 0 Å². The minimum absolute atomic E-state index is 0.731. The Morgan fingerprint density at radius 3 is 2.43 bits per heavy atom. The van der Waals surface area contributed by atoms with Crippen molar-refractivity contribution >= 4 is 0 Å². The van der Waals surface area contributed by atoms with Gasteiger partial charge in [0.25, 0.3) is 0 Å². The van der Waals surface area contributed by atoms with Gasteiger partial charge in [-0.25, -0.2) is 0 Å². The number of rotatable bonds is 5. The van der Waals surface area contributed by atoms with Gasteiger partial charge in [-0.3, -0.25) is 0 Å². The van der Waals surface area contributed by atoms with Crippen LogP contribution in [0.2, 0.25) is 0 Å². The standard InChI is InChI=1S/C12H25NO/c1-11(2)13-8-6-12(7-9-13)5-4-10-14-3/h11-12H,4-10H2,1-3H3. The first-order valence-electron chi connectivity index (χ1n) is 5.97. The predicted octanol–water partition coefficient (Wildman–Crippen LogP) is 2.53. The smallest absolute Gasteiger partial charge is 0.0462 e. The summed E-state index contributed by atoms with van der Waals surface area (Å²) in [7, 11) is 1.79. The van der Waals surface area contributed by atoms with Gasteiger partial charge in [0.15, 0.2) is 0 Å². The Morgan fingerprint density at radius 2 is 1.93 bits per heavy atom. The molecule has 0 saturated carbocycles. The molecule has 0 bridgehead atoms. The van der Waals surface area contributed by atoms with Gasteiger partial charge >= 0.3 is 0 Å². The van der Waals surface area contributed by atoms with Gasteiger partial charge in [-0.15, -0.1) is 0 Å². The monoisotopic (exact) mass is 199 g/mol. The normalized spacial score (nSPS) is 20.6. The van der Waals surface area contributed by atoms with E-state index in [0.29, 0.717) is 0 Å². The summed E-state index contributed by atoms with van der Waals surface area (Å²) in [5.41, 5.74) is 0. The lowest BCUT2D eigenvalue weighted by molar-refractivity contribution is 0.134. The molecule has 2 heteroatoms. The van der Waals surface area contributed by atoms with Crippen molar-refractivity contribution in [1.29, 1.82) is 0 Å².